The van der Waals surface area contributed by atoms with Crippen LogP contribution in [0, 0.1) is 0 Å². The number of guanidine groups is 1. The van der Waals surface area contributed by atoms with Gasteiger partial charge in [-0.2, -0.15) is 13.2 Å². The Balaban J connectivity index is 0.00000484. The average Bonchev–Trinajstić information content (AvgIpc) is 2.48. The third-order valence-electron chi connectivity index (χ3n) is 2.70. The van der Waals surface area contributed by atoms with E-state index in [4.69, 9.17) is 4.74 Å². The minimum Gasteiger partial charge on any atom is -0.489 e. The summed E-state index contributed by atoms with van der Waals surface area (Å²) >= 11 is 0. The Hall–Kier alpha value is -1.45. The number of hydrogen-bond acceptors (Lipinski definition) is 2. The molecule has 0 fully saturated rings. The molecule has 8 heteroatoms. The number of alkyl halides is 3. The van der Waals surface area contributed by atoms with Crippen LogP contribution < -0.4 is 15.4 Å². The Morgan fingerprint density at radius 2 is 2.00 bits per heavy atom. The van der Waals surface area contributed by atoms with Crippen molar-refractivity contribution in [1.82, 2.24) is 10.6 Å². The van der Waals surface area contributed by atoms with Crippen LogP contribution in [0.15, 0.2) is 41.9 Å². The molecule has 2 N–H and O–H groups in total. The third kappa shape index (κ3) is 9.32. The second-order valence-corrected chi connectivity index (χ2v) is 4.43. The first-order valence-corrected chi connectivity index (χ1v) is 6.79. The lowest BCUT2D eigenvalue weighted by molar-refractivity contribution is -0.132. The van der Waals surface area contributed by atoms with Gasteiger partial charge in [0.2, 0.25) is 0 Å². The Labute approximate surface area is 151 Å². The predicted octanol–water partition coefficient (Wildman–Crippen LogP) is 3.49. The van der Waals surface area contributed by atoms with Crippen LogP contribution in [0.1, 0.15) is 12.0 Å². The molecule has 0 saturated carbocycles. The van der Waals surface area contributed by atoms with Crippen molar-refractivity contribution in [2.45, 2.75) is 19.1 Å². The van der Waals surface area contributed by atoms with Crippen molar-refractivity contribution >= 4 is 29.9 Å². The normalized spacial score (nSPS) is 11.4. The molecular formula is C15H21F3IN3O. The summed E-state index contributed by atoms with van der Waals surface area (Å²) in [5.41, 5.74) is 0.878. The van der Waals surface area contributed by atoms with Crippen molar-refractivity contribution < 1.29 is 17.9 Å². The number of hydrogen-bond donors (Lipinski definition) is 2. The Morgan fingerprint density at radius 1 is 1.30 bits per heavy atom. The molecule has 130 valence electrons. The predicted molar refractivity (Wildman–Crippen MR) is 96.4 cm³/mol. The van der Waals surface area contributed by atoms with Crippen LogP contribution in [0.4, 0.5) is 13.2 Å². The number of aliphatic imine (C=N–C) groups is 1. The minimum absolute atomic E-state index is 0. The molecule has 0 heterocycles. The van der Waals surface area contributed by atoms with E-state index in [-0.39, 0.29) is 30.5 Å². The summed E-state index contributed by atoms with van der Waals surface area (Å²) in [5, 5.41) is 5.58. The van der Waals surface area contributed by atoms with E-state index in [0.29, 0.717) is 24.9 Å². The van der Waals surface area contributed by atoms with Gasteiger partial charge in [0.25, 0.3) is 0 Å². The molecule has 4 nitrogen and oxygen atoms in total. The molecule has 1 aromatic carbocycles. The molecule has 0 aliphatic carbocycles. The van der Waals surface area contributed by atoms with E-state index in [0.717, 1.165) is 5.56 Å². The number of benzene rings is 1. The molecule has 0 spiro atoms. The van der Waals surface area contributed by atoms with Crippen LogP contribution in [0.25, 0.3) is 0 Å². The lowest BCUT2D eigenvalue weighted by Crippen LogP contribution is -2.38. The molecular weight excluding hydrogens is 422 g/mol. The highest BCUT2D eigenvalue weighted by molar-refractivity contribution is 14.0. The molecule has 0 aromatic heterocycles. The summed E-state index contributed by atoms with van der Waals surface area (Å²) in [7, 11) is 1.50. The molecule has 0 saturated heterocycles. The molecule has 0 unspecified atom stereocenters. The molecule has 1 aromatic rings. The third-order valence-corrected chi connectivity index (χ3v) is 2.70. The van der Waals surface area contributed by atoms with Crippen LogP contribution in [-0.2, 0) is 6.54 Å². The molecule has 1 rings (SSSR count). The van der Waals surface area contributed by atoms with Crippen molar-refractivity contribution in [3.63, 3.8) is 0 Å². The number of rotatable bonds is 7. The Kier molecular flexibility index (Phi) is 10.4. The fourth-order valence-electron chi connectivity index (χ4n) is 1.66. The van der Waals surface area contributed by atoms with E-state index in [1.165, 1.54) is 7.05 Å². The standard InChI is InChI=1S/C15H20F3N3O.HI/c1-3-10-22-13-7-5-4-6-12(13)11-21-14(19-2)20-9-8-15(16,17)18;/h3-7H,1,8-11H2,2H3,(H2,19,20,21);1H. The monoisotopic (exact) mass is 443 g/mol. The minimum atomic E-state index is -4.18. The topological polar surface area (TPSA) is 45.6 Å². The van der Waals surface area contributed by atoms with Gasteiger partial charge in [-0.15, -0.1) is 24.0 Å². The van der Waals surface area contributed by atoms with Crippen LogP contribution >= 0.6 is 24.0 Å². The van der Waals surface area contributed by atoms with Crippen LogP contribution in [0.5, 0.6) is 5.75 Å². The van der Waals surface area contributed by atoms with E-state index in [9.17, 15) is 13.2 Å². The summed E-state index contributed by atoms with van der Waals surface area (Å²) < 4.78 is 41.8. The zero-order valence-electron chi connectivity index (χ0n) is 12.8. The first kappa shape index (κ1) is 21.6. The van der Waals surface area contributed by atoms with Crippen molar-refractivity contribution in [2.24, 2.45) is 4.99 Å². The lowest BCUT2D eigenvalue weighted by Gasteiger charge is -2.14. The largest absolute Gasteiger partial charge is 0.489 e. The van der Waals surface area contributed by atoms with Crippen molar-refractivity contribution in [3.05, 3.63) is 42.5 Å². The van der Waals surface area contributed by atoms with Gasteiger partial charge in [-0.05, 0) is 6.07 Å². The van der Waals surface area contributed by atoms with Gasteiger partial charge in [-0.3, -0.25) is 4.99 Å². The van der Waals surface area contributed by atoms with Crippen LogP contribution in [0.2, 0.25) is 0 Å². The molecule has 0 radical (unpaired) electrons. The Morgan fingerprint density at radius 3 is 2.61 bits per heavy atom. The number of para-hydroxylation sites is 1. The zero-order valence-corrected chi connectivity index (χ0v) is 15.2. The number of nitrogens with one attached hydrogen (secondary N) is 2. The molecule has 0 atom stereocenters. The zero-order chi connectivity index (χ0) is 16.4. The molecule has 0 bridgehead atoms. The van der Waals surface area contributed by atoms with Gasteiger partial charge in [0.15, 0.2) is 5.96 Å². The van der Waals surface area contributed by atoms with E-state index >= 15 is 0 Å². The maximum Gasteiger partial charge on any atom is 0.390 e. The molecule has 0 aliphatic rings. The Bertz CT molecular complexity index is 507. The highest BCUT2D eigenvalue weighted by Crippen LogP contribution is 2.18. The van der Waals surface area contributed by atoms with Crippen molar-refractivity contribution in [2.75, 3.05) is 20.2 Å². The maximum absolute atomic E-state index is 12.1. The first-order chi connectivity index (χ1) is 10.5. The quantitative estimate of drug-likeness (QED) is 0.294. The highest BCUT2D eigenvalue weighted by Gasteiger charge is 2.26. The first-order valence-electron chi connectivity index (χ1n) is 6.79. The van der Waals surface area contributed by atoms with Gasteiger partial charge in [0.05, 0.1) is 6.42 Å². The van der Waals surface area contributed by atoms with E-state index in [1.54, 1.807) is 6.08 Å². The maximum atomic E-state index is 12.1. The summed E-state index contributed by atoms with van der Waals surface area (Å²) in [6.45, 7) is 4.13. The van der Waals surface area contributed by atoms with E-state index in [2.05, 4.69) is 22.2 Å². The van der Waals surface area contributed by atoms with Gasteiger partial charge >= 0.3 is 6.18 Å². The van der Waals surface area contributed by atoms with Gasteiger partial charge in [0.1, 0.15) is 12.4 Å². The van der Waals surface area contributed by atoms with Crippen molar-refractivity contribution in [1.29, 1.82) is 0 Å². The summed E-state index contributed by atoms with van der Waals surface area (Å²) in [4.78, 5) is 3.88. The van der Waals surface area contributed by atoms with Gasteiger partial charge in [0, 0.05) is 25.7 Å². The second kappa shape index (κ2) is 11.1. The summed E-state index contributed by atoms with van der Waals surface area (Å²) in [6.07, 6.45) is -3.45. The molecule has 23 heavy (non-hydrogen) atoms. The van der Waals surface area contributed by atoms with Gasteiger partial charge in [-0.25, -0.2) is 0 Å². The van der Waals surface area contributed by atoms with Gasteiger partial charge < -0.3 is 15.4 Å². The highest BCUT2D eigenvalue weighted by atomic mass is 127. The number of nitrogens with zero attached hydrogens (tertiary/aromatic N) is 1. The summed E-state index contributed by atoms with van der Waals surface area (Å²) in [6, 6.07) is 7.39. The van der Waals surface area contributed by atoms with Crippen molar-refractivity contribution in [3.8, 4) is 5.75 Å². The van der Waals surface area contributed by atoms with Crippen LogP contribution in [0.3, 0.4) is 0 Å². The smallest absolute Gasteiger partial charge is 0.390 e. The lowest BCUT2D eigenvalue weighted by atomic mass is 10.2. The number of ether oxygens (including phenoxy) is 1. The van der Waals surface area contributed by atoms with Gasteiger partial charge in [-0.1, -0.05) is 30.9 Å². The molecule has 0 amide bonds. The second-order valence-electron chi connectivity index (χ2n) is 4.43. The summed E-state index contributed by atoms with van der Waals surface area (Å²) in [5.74, 6) is 1.00. The van der Waals surface area contributed by atoms with E-state index < -0.39 is 12.6 Å². The number of halogens is 4. The molecule has 0 aliphatic heterocycles. The average molecular weight is 443 g/mol. The fraction of sp³-hybridized carbons (Fsp3) is 0.400. The fourth-order valence-corrected chi connectivity index (χ4v) is 1.66. The SMILES string of the molecule is C=CCOc1ccccc1CNC(=NC)NCCC(F)(F)F.I. The van der Waals surface area contributed by atoms with Crippen LogP contribution in [-0.4, -0.2) is 32.3 Å². The van der Waals surface area contributed by atoms with E-state index in [1.807, 2.05) is 24.3 Å².